The highest BCUT2D eigenvalue weighted by molar-refractivity contribution is 9.10. The molecule has 2 nitrogen and oxygen atoms in total. The summed E-state index contributed by atoms with van der Waals surface area (Å²) >= 11 is 3.29. The Bertz CT molecular complexity index is 419. The second kappa shape index (κ2) is 6.82. The van der Waals surface area contributed by atoms with Gasteiger partial charge in [0, 0.05) is 16.1 Å². The van der Waals surface area contributed by atoms with Crippen molar-refractivity contribution in [2.45, 2.75) is 38.8 Å². The van der Waals surface area contributed by atoms with Gasteiger partial charge in [-0.15, -0.1) is 0 Å². The van der Waals surface area contributed by atoms with Crippen LogP contribution in [0.3, 0.4) is 0 Å². The molecule has 0 bridgehead atoms. The zero-order chi connectivity index (χ0) is 14.6. The van der Waals surface area contributed by atoms with Crippen molar-refractivity contribution in [1.29, 1.82) is 0 Å². The number of halogens is 2. The maximum absolute atomic E-state index is 14.0. The van der Waals surface area contributed by atoms with Crippen molar-refractivity contribution >= 4 is 15.9 Å². The van der Waals surface area contributed by atoms with Gasteiger partial charge < -0.3 is 10.2 Å². The Balaban J connectivity index is 2.95. The molecule has 0 amide bonds. The summed E-state index contributed by atoms with van der Waals surface area (Å²) in [6, 6.07) is 5.48. The Kier molecular flexibility index (Phi) is 5.96. The van der Waals surface area contributed by atoms with Crippen LogP contribution in [-0.4, -0.2) is 37.1 Å². The van der Waals surface area contributed by atoms with Crippen molar-refractivity contribution in [3.05, 3.63) is 34.1 Å². The van der Waals surface area contributed by atoms with Crippen LogP contribution < -0.4 is 5.32 Å². The predicted molar refractivity (Wildman–Crippen MR) is 83.0 cm³/mol. The third-order valence-corrected chi connectivity index (χ3v) is 4.39. The van der Waals surface area contributed by atoms with Crippen LogP contribution in [-0.2, 0) is 6.42 Å². The fourth-order valence-electron chi connectivity index (χ4n) is 2.04. The van der Waals surface area contributed by atoms with Crippen LogP contribution in [0.5, 0.6) is 0 Å². The number of hydrogen-bond donors (Lipinski definition) is 1. The standard InChI is InChI=1S/C15H24BrFN2/c1-6-18-14(15(2,3)19(4)5)9-11-7-8-12(16)10-13(11)17/h7-8,10,14,18H,6,9H2,1-5H3. The highest BCUT2D eigenvalue weighted by atomic mass is 79.9. The molecule has 0 heterocycles. The van der Waals surface area contributed by atoms with Crippen LogP contribution in [0.1, 0.15) is 26.3 Å². The maximum atomic E-state index is 14.0. The van der Waals surface area contributed by atoms with Gasteiger partial charge in [0.25, 0.3) is 0 Å². The number of likely N-dealkylation sites (N-methyl/N-ethyl adjacent to an activating group) is 2. The number of nitrogens with zero attached hydrogens (tertiary/aromatic N) is 1. The van der Waals surface area contributed by atoms with E-state index in [9.17, 15) is 4.39 Å². The van der Waals surface area contributed by atoms with E-state index in [0.29, 0.717) is 6.42 Å². The SMILES string of the molecule is CCNC(Cc1ccc(Br)cc1F)C(C)(C)N(C)C. The van der Waals surface area contributed by atoms with E-state index < -0.39 is 0 Å². The topological polar surface area (TPSA) is 15.3 Å². The lowest BCUT2D eigenvalue weighted by atomic mass is 9.88. The molecule has 0 radical (unpaired) electrons. The fourth-order valence-corrected chi connectivity index (χ4v) is 2.37. The first-order chi connectivity index (χ1) is 8.78. The first-order valence-corrected chi connectivity index (χ1v) is 7.43. The quantitative estimate of drug-likeness (QED) is 0.859. The minimum absolute atomic E-state index is 0.0461. The Morgan fingerprint density at radius 3 is 2.47 bits per heavy atom. The number of rotatable bonds is 6. The smallest absolute Gasteiger partial charge is 0.127 e. The van der Waals surface area contributed by atoms with Gasteiger partial charge in [-0.1, -0.05) is 28.9 Å². The van der Waals surface area contributed by atoms with E-state index in [2.05, 4.69) is 61.0 Å². The van der Waals surface area contributed by atoms with Crippen molar-refractivity contribution in [3.8, 4) is 0 Å². The molecule has 0 aliphatic heterocycles. The van der Waals surface area contributed by atoms with Crippen molar-refractivity contribution < 1.29 is 4.39 Å². The van der Waals surface area contributed by atoms with Gasteiger partial charge in [0.2, 0.25) is 0 Å². The Morgan fingerprint density at radius 2 is 2.00 bits per heavy atom. The van der Waals surface area contributed by atoms with Crippen molar-refractivity contribution in [2.24, 2.45) is 0 Å². The highest BCUT2D eigenvalue weighted by Crippen LogP contribution is 2.22. The monoisotopic (exact) mass is 330 g/mol. The Morgan fingerprint density at radius 1 is 1.37 bits per heavy atom. The normalized spacial score (nSPS) is 13.9. The molecule has 108 valence electrons. The molecule has 0 aromatic heterocycles. The highest BCUT2D eigenvalue weighted by Gasteiger charge is 2.31. The van der Waals surface area contributed by atoms with Gasteiger partial charge in [-0.05, 0) is 58.6 Å². The van der Waals surface area contributed by atoms with Gasteiger partial charge in [0.05, 0.1) is 0 Å². The zero-order valence-corrected chi connectivity index (χ0v) is 14.0. The summed E-state index contributed by atoms with van der Waals surface area (Å²) in [4.78, 5) is 2.18. The van der Waals surface area contributed by atoms with E-state index in [1.807, 2.05) is 12.1 Å². The Labute approximate surface area is 124 Å². The summed E-state index contributed by atoms with van der Waals surface area (Å²) in [5, 5.41) is 3.47. The molecule has 0 spiro atoms. The average Bonchev–Trinajstić information content (AvgIpc) is 2.31. The van der Waals surface area contributed by atoms with Gasteiger partial charge in [-0.25, -0.2) is 4.39 Å². The lowest BCUT2D eigenvalue weighted by Gasteiger charge is -2.40. The molecule has 4 heteroatoms. The molecule has 0 fully saturated rings. The van der Waals surface area contributed by atoms with Crippen LogP contribution >= 0.6 is 15.9 Å². The largest absolute Gasteiger partial charge is 0.312 e. The molecule has 0 saturated carbocycles. The second-order valence-corrected chi connectivity index (χ2v) is 6.51. The lowest BCUT2D eigenvalue weighted by Crippen LogP contribution is -2.56. The first-order valence-electron chi connectivity index (χ1n) is 6.63. The van der Waals surface area contributed by atoms with Gasteiger partial charge in [0.15, 0.2) is 0 Å². The molecule has 1 aromatic rings. The minimum Gasteiger partial charge on any atom is -0.312 e. The molecule has 0 aliphatic rings. The molecular formula is C15H24BrFN2. The lowest BCUT2D eigenvalue weighted by molar-refractivity contribution is 0.137. The molecular weight excluding hydrogens is 307 g/mol. The third kappa shape index (κ3) is 4.26. The Hall–Kier alpha value is -0.450. The van der Waals surface area contributed by atoms with Crippen LogP contribution in [0.2, 0.25) is 0 Å². The van der Waals surface area contributed by atoms with E-state index in [1.54, 1.807) is 0 Å². The molecule has 1 atom stereocenters. The summed E-state index contributed by atoms with van der Waals surface area (Å²) in [5.74, 6) is -0.146. The molecule has 1 unspecified atom stereocenters. The number of benzene rings is 1. The van der Waals surface area contributed by atoms with E-state index in [0.717, 1.165) is 16.6 Å². The zero-order valence-electron chi connectivity index (χ0n) is 12.4. The molecule has 1 N–H and O–H groups in total. The minimum atomic E-state index is -0.146. The van der Waals surface area contributed by atoms with E-state index in [-0.39, 0.29) is 17.4 Å². The molecule has 19 heavy (non-hydrogen) atoms. The van der Waals surface area contributed by atoms with Crippen LogP contribution in [0.4, 0.5) is 4.39 Å². The number of hydrogen-bond acceptors (Lipinski definition) is 2. The van der Waals surface area contributed by atoms with E-state index in [4.69, 9.17) is 0 Å². The molecule has 1 rings (SSSR count). The molecule has 0 saturated heterocycles. The maximum Gasteiger partial charge on any atom is 0.127 e. The summed E-state index contributed by atoms with van der Waals surface area (Å²) in [7, 11) is 4.12. The van der Waals surface area contributed by atoms with Crippen LogP contribution in [0.25, 0.3) is 0 Å². The second-order valence-electron chi connectivity index (χ2n) is 5.60. The summed E-state index contributed by atoms with van der Waals surface area (Å²) in [6.45, 7) is 7.31. The summed E-state index contributed by atoms with van der Waals surface area (Å²) in [6.07, 6.45) is 0.679. The van der Waals surface area contributed by atoms with Gasteiger partial charge in [-0.2, -0.15) is 0 Å². The van der Waals surface area contributed by atoms with Gasteiger partial charge >= 0.3 is 0 Å². The van der Waals surface area contributed by atoms with Crippen molar-refractivity contribution in [3.63, 3.8) is 0 Å². The average molecular weight is 331 g/mol. The third-order valence-electron chi connectivity index (χ3n) is 3.90. The van der Waals surface area contributed by atoms with Crippen molar-refractivity contribution in [1.82, 2.24) is 10.2 Å². The summed E-state index contributed by atoms with van der Waals surface area (Å²) < 4.78 is 14.7. The molecule has 0 aliphatic carbocycles. The van der Waals surface area contributed by atoms with Gasteiger partial charge in [0.1, 0.15) is 5.82 Å². The van der Waals surface area contributed by atoms with Crippen LogP contribution in [0.15, 0.2) is 22.7 Å². The summed E-state index contributed by atoms with van der Waals surface area (Å²) in [5.41, 5.74) is 0.708. The fraction of sp³-hybridized carbons (Fsp3) is 0.600. The number of nitrogens with one attached hydrogen (secondary N) is 1. The first kappa shape index (κ1) is 16.6. The van der Waals surface area contributed by atoms with Crippen molar-refractivity contribution in [2.75, 3.05) is 20.6 Å². The molecule has 1 aromatic carbocycles. The predicted octanol–water partition coefficient (Wildman–Crippen LogP) is 3.45. The van der Waals surface area contributed by atoms with E-state index in [1.165, 1.54) is 6.07 Å². The van der Waals surface area contributed by atoms with Gasteiger partial charge in [-0.3, -0.25) is 0 Å². The van der Waals surface area contributed by atoms with Crippen LogP contribution in [0, 0.1) is 5.82 Å². The van der Waals surface area contributed by atoms with E-state index >= 15 is 0 Å².